The lowest BCUT2D eigenvalue weighted by Crippen LogP contribution is -2.13. The van der Waals surface area contributed by atoms with Gasteiger partial charge in [-0.1, -0.05) is 40.3 Å². The molecule has 0 atom stereocenters. The maximum atomic E-state index is 7.62. The molecule has 3 aromatic carbocycles. The molecule has 0 aromatic heterocycles. The van der Waals surface area contributed by atoms with E-state index in [9.17, 15) is 0 Å². The third-order valence-electron chi connectivity index (χ3n) is 5.66. The van der Waals surface area contributed by atoms with Crippen LogP contribution in [0.3, 0.4) is 0 Å². The van der Waals surface area contributed by atoms with Gasteiger partial charge in [-0.15, -0.1) is 0 Å². The zero-order valence-corrected chi connectivity index (χ0v) is 21.4. The van der Waals surface area contributed by atoms with Crippen molar-refractivity contribution in [3.8, 4) is 23.0 Å². The molecule has 0 saturated carbocycles. The minimum Gasteiger partial charge on any atom is -0.493 e. The highest BCUT2D eigenvalue weighted by atomic mass is 16.5. The molecule has 0 amide bonds. The second-order valence-corrected chi connectivity index (χ2v) is 9.42. The van der Waals surface area contributed by atoms with E-state index in [1.54, 1.807) is 50.6 Å². The molecular formula is C29H38N4O4. The Morgan fingerprint density at radius 1 is 0.676 bits per heavy atom. The number of hydrogen-bond donors (Lipinski definition) is 4. The average molecular weight is 507 g/mol. The summed E-state index contributed by atoms with van der Waals surface area (Å²) in [6.45, 7) is 7.12. The molecule has 8 nitrogen and oxygen atoms in total. The first-order valence-electron chi connectivity index (χ1n) is 11.5. The fourth-order valence-electron chi connectivity index (χ4n) is 3.59. The lowest BCUT2D eigenvalue weighted by molar-refractivity contribution is 0.279. The molecule has 0 bridgehead atoms. The summed E-state index contributed by atoms with van der Waals surface area (Å²) in [7, 11) is 3.11. The van der Waals surface area contributed by atoms with Gasteiger partial charge in [-0.2, -0.15) is 0 Å². The zero-order chi connectivity index (χ0) is 26.5. The molecule has 3 rings (SSSR count). The summed E-state index contributed by atoms with van der Waals surface area (Å²) < 4.78 is 23.0. The number of benzene rings is 3. The number of nitrogens with two attached hydrogens (primary N) is 2. The van der Waals surface area contributed by atoms with Gasteiger partial charge in [0.25, 0.3) is 0 Å². The molecule has 0 heterocycles. The van der Waals surface area contributed by atoms with E-state index in [1.165, 1.54) is 0 Å². The number of amidine groups is 2. The van der Waals surface area contributed by atoms with Crippen molar-refractivity contribution in [3.05, 3.63) is 82.4 Å². The Hall–Kier alpha value is -4.20. The van der Waals surface area contributed by atoms with E-state index in [1.807, 2.05) is 6.07 Å². The Balaban J connectivity index is 0.00000481. The van der Waals surface area contributed by atoms with Gasteiger partial charge in [0.15, 0.2) is 23.0 Å². The number of nitrogen functional groups attached to an aromatic ring is 2. The predicted octanol–water partition coefficient (Wildman–Crippen LogP) is 5.36. The number of hydrogen-bond acceptors (Lipinski definition) is 6. The maximum absolute atomic E-state index is 7.62. The first kappa shape index (κ1) is 29.0. The van der Waals surface area contributed by atoms with E-state index >= 15 is 0 Å². The highest BCUT2D eigenvalue weighted by Gasteiger charge is 2.17. The Morgan fingerprint density at radius 3 is 1.41 bits per heavy atom. The standard InChI is InChI=1S/C28H34N4O4.CH4/c1-28(2,3)21-11-17(15-35-22-8-6-19(26(29)30)13-24(22)33-4)10-18(12-21)16-36-23-9-7-20(27(31)32)14-25(23)34-5;/h6-14H,15-16H2,1-5H3,(H3,29,30)(H3,31,32);1H4. The number of methoxy groups -OCH3 is 2. The predicted molar refractivity (Wildman–Crippen MR) is 149 cm³/mol. The molecule has 0 aliphatic heterocycles. The zero-order valence-electron chi connectivity index (χ0n) is 21.4. The smallest absolute Gasteiger partial charge is 0.161 e. The quantitative estimate of drug-likeness (QED) is 0.216. The molecule has 0 fully saturated rings. The molecule has 198 valence electrons. The number of rotatable bonds is 10. The van der Waals surface area contributed by atoms with Crippen LogP contribution in [0.15, 0.2) is 54.6 Å². The molecule has 0 aliphatic carbocycles. The van der Waals surface area contributed by atoms with Crippen molar-refractivity contribution < 1.29 is 18.9 Å². The Bertz CT molecular complexity index is 1180. The Morgan fingerprint density at radius 2 is 1.08 bits per heavy atom. The van der Waals surface area contributed by atoms with Gasteiger partial charge in [0.05, 0.1) is 14.2 Å². The van der Waals surface area contributed by atoms with E-state index in [0.29, 0.717) is 47.3 Å². The van der Waals surface area contributed by atoms with Crippen LogP contribution in [0.4, 0.5) is 0 Å². The van der Waals surface area contributed by atoms with Crippen LogP contribution in [0.1, 0.15) is 56.0 Å². The van der Waals surface area contributed by atoms with Crippen LogP contribution in [0.25, 0.3) is 0 Å². The van der Waals surface area contributed by atoms with Crippen molar-refractivity contribution in [3.63, 3.8) is 0 Å². The average Bonchev–Trinajstić information content (AvgIpc) is 2.85. The van der Waals surface area contributed by atoms with E-state index in [0.717, 1.165) is 16.7 Å². The molecule has 0 saturated heterocycles. The molecule has 0 spiro atoms. The highest BCUT2D eigenvalue weighted by Crippen LogP contribution is 2.32. The summed E-state index contributed by atoms with van der Waals surface area (Å²) >= 11 is 0. The lowest BCUT2D eigenvalue weighted by atomic mass is 9.85. The fourth-order valence-corrected chi connectivity index (χ4v) is 3.59. The Labute approximate surface area is 219 Å². The van der Waals surface area contributed by atoms with E-state index < -0.39 is 0 Å². The van der Waals surface area contributed by atoms with E-state index in [4.69, 9.17) is 41.2 Å². The van der Waals surface area contributed by atoms with Gasteiger partial charge < -0.3 is 30.4 Å². The minimum absolute atomic E-state index is 0. The molecule has 0 radical (unpaired) electrons. The largest absolute Gasteiger partial charge is 0.493 e. The molecular weight excluding hydrogens is 468 g/mol. The molecule has 0 unspecified atom stereocenters. The highest BCUT2D eigenvalue weighted by molar-refractivity contribution is 5.96. The van der Waals surface area contributed by atoms with E-state index in [2.05, 4.69) is 32.9 Å². The van der Waals surface area contributed by atoms with Crippen LogP contribution in [0.2, 0.25) is 0 Å². The summed E-state index contributed by atoms with van der Waals surface area (Å²) in [5.74, 6) is 2.09. The van der Waals surface area contributed by atoms with Crippen molar-refractivity contribution in [2.75, 3.05) is 14.2 Å². The topological polar surface area (TPSA) is 137 Å². The van der Waals surface area contributed by atoms with Gasteiger partial charge >= 0.3 is 0 Å². The van der Waals surface area contributed by atoms with Crippen molar-refractivity contribution in [1.29, 1.82) is 10.8 Å². The second-order valence-electron chi connectivity index (χ2n) is 9.42. The van der Waals surface area contributed by atoms with Crippen LogP contribution >= 0.6 is 0 Å². The third-order valence-corrected chi connectivity index (χ3v) is 5.66. The Kier molecular flexibility index (Phi) is 9.54. The van der Waals surface area contributed by atoms with E-state index in [-0.39, 0.29) is 24.5 Å². The normalized spacial score (nSPS) is 10.7. The monoisotopic (exact) mass is 506 g/mol. The van der Waals surface area contributed by atoms with Crippen molar-refractivity contribution in [2.45, 2.75) is 46.8 Å². The summed E-state index contributed by atoms with van der Waals surface area (Å²) in [5.41, 5.74) is 15.4. The number of ether oxygens (including phenoxy) is 4. The molecule has 8 heteroatoms. The van der Waals surface area contributed by atoms with Gasteiger partial charge in [-0.3, -0.25) is 10.8 Å². The van der Waals surface area contributed by atoms with Crippen LogP contribution in [-0.2, 0) is 18.6 Å². The summed E-state index contributed by atoms with van der Waals surface area (Å²) in [5, 5.41) is 15.2. The molecule has 3 aromatic rings. The van der Waals surface area contributed by atoms with Crippen LogP contribution in [0, 0.1) is 10.8 Å². The lowest BCUT2D eigenvalue weighted by Gasteiger charge is -2.22. The first-order valence-corrected chi connectivity index (χ1v) is 11.5. The fraction of sp³-hybridized carbons (Fsp3) is 0.310. The second kappa shape index (κ2) is 12.2. The van der Waals surface area contributed by atoms with Crippen molar-refractivity contribution in [2.24, 2.45) is 11.5 Å². The maximum Gasteiger partial charge on any atom is 0.161 e. The summed E-state index contributed by atoms with van der Waals surface area (Å²) in [4.78, 5) is 0. The van der Waals surface area contributed by atoms with Crippen molar-refractivity contribution >= 4 is 11.7 Å². The molecule has 0 aliphatic rings. The summed E-state index contributed by atoms with van der Waals surface area (Å²) in [6, 6.07) is 16.6. The molecule has 6 N–H and O–H groups in total. The van der Waals surface area contributed by atoms with Crippen molar-refractivity contribution in [1.82, 2.24) is 0 Å². The van der Waals surface area contributed by atoms with Gasteiger partial charge in [-0.05, 0) is 64.6 Å². The minimum atomic E-state index is -0.0770. The van der Waals surface area contributed by atoms with Gasteiger partial charge in [0.2, 0.25) is 0 Å². The van der Waals surface area contributed by atoms with Gasteiger partial charge in [0.1, 0.15) is 24.9 Å². The van der Waals surface area contributed by atoms with Crippen LogP contribution in [-0.4, -0.2) is 25.9 Å². The SMILES string of the molecule is C.COc1cc(C(=N)N)ccc1OCc1cc(COc2ccc(C(=N)N)cc2OC)cc(C(C)(C)C)c1. The van der Waals surface area contributed by atoms with Gasteiger partial charge in [-0.25, -0.2) is 0 Å². The first-order chi connectivity index (χ1) is 17.0. The third kappa shape index (κ3) is 7.39. The summed E-state index contributed by atoms with van der Waals surface area (Å²) in [6.07, 6.45) is 0. The number of nitrogens with one attached hydrogen (secondary N) is 2. The van der Waals surface area contributed by atoms with Crippen LogP contribution in [0.5, 0.6) is 23.0 Å². The van der Waals surface area contributed by atoms with Gasteiger partial charge in [0, 0.05) is 11.1 Å². The van der Waals surface area contributed by atoms with Crippen LogP contribution < -0.4 is 30.4 Å². The molecule has 37 heavy (non-hydrogen) atoms.